The van der Waals surface area contributed by atoms with E-state index in [2.05, 4.69) is 11.8 Å². The standard InChI is InChI=1S/C6H16O3Si.C5H12N2/c1-4-7-10(8-5-2)9-6-3;1-4-3-7(4)5(2)6/h10H,4-6H2,1-3H3;4-5H,3,6H2,1-2H3. The summed E-state index contributed by atoms with van der Waals surface area (Å²) in [6.07, 6.45) is 0.273. The monoisotopic (exact) mass is 264 g/mol. The van der Waals surface area contributed by atoms with Gasteiger partial charge in [0.25, 0.3) is 0 Å². The first-order chi connectivity index (χ1) is 8.06. The Hall–Kier alpha value is 0.0169. The van der Waals surface area contributed by atoms with Crippen LogP contribution in [0.25, 0.3) is 0 Å². The quantitative estimate of drug-likeness (QED) is 0.545. The normalized spacial score (nSPS) is 24.2. The molecule has 0 amide bonds. The smallest absolute Gasteiger partial charge is 0.376 e. The molecule has 1 aliphatic rings. The van der Waals surface area contributed by atoms with Crippen LogP contribution in [0.5, 0.6) is 0 Å². The minimum Gasteiger partial charge on any atom is -0.376 e. The van der Waals surface area contributed by atoms with Crippen LogP contribution in [0.1, 0.15) is 34.6 Å². The second kappa shape index (κ2) is 9.99. The fourth-order valence-electron chi connectivity index (χ4n) is 1.38. The van der Waals surface area contributed by atoms with Crippen molar-refractivity contribution in [1.82, 2.24) is 4.90 Å². The molecule has 0 spiro atoms. The van der Waals surface area contributed by atoms with Gasteiger partial charge in [0, 0.05) is 32.4 Å². The number of rotatable bonds is 7. The molecule has 1 fully saturated rings. The molecule has 3 atom stereocenters. The maximum absolute atomic E-state index is 5.51. The van der Waals surface area contributed by atoms with Crippen molar-refractivity contribution in [1.29, 1.82) is 0 Å². The van der Waals surface area contributed by atoms with Crippen LogP contribution in [-0.2, 0) is 13.3 Å². The highest BCUT2D eigenvalue weighted by atomic mass is 28.3. The van der Waals surface area contributed by atoms with Gasteiger partial charge in [0.1, 0.15) is 0 Å². The first-order valence-corrected chi connectivity index (χ1v) is 7.84. The predicted molar refractivity (Wildman–Crippen MR) is 71.8 cm³/mol. The molecule has 5 nitrogen and oxygen atoms in total. The molecule has 0 radical (unpaired) electrons. The summed E-state index contributed by atoms with van der Waals surface area (Å²) in [6.45, 7) is 13.3. The van der Waals surface area contributed by atoms with Gasteiger partial charge < -0.3 is 19.0 Å². The zero-order valence-electron chi connectivity index (χ0n) is 11.8. The Balaban J connectivity index is 0.000000318. The first kappa shape index (κ1) is 17.0. The Morgan fingerprint density at radius 1 is 1.18 bits per heavy atom. The van der Waals surface area contributed by atoms with E-state index >= 15 is 0 Å². The Labute approximate surface area is 107 Å². The third-order valence-corrected chi connectivity index (χ3v) is 4.16. The molecule has 0 bridgehead atoms. The zero-order valence-corrected chi connectivity index (χ0v) is 13.0. The summed E-state index contributed by atoms with van der Waals surface area (Å²) in [4.78, 5) is 2.24. The lowest BCUT2D eigenvalue weighted by molar-refractivity contribution is 0.107. The summed E-state index contributed by atoms with van der Waals surface area (Å²) in [5.74, 6) is 0. The van der Waals surface area contributed by atoms with Gasteiger partial charge in [-0.1, -0.05) is 0 Å². The number of hydrogen-bond acceptors (Lipinski definition) is 5. The number of nitrogens with two attached hydrogens (primary N) is 1. The predicted octanol–water partition coefficient (Wildman–Crippen LogP) is 0.808. The lowest BCUT2D eigenvalue weighted by atomic mass is 10.5. The SMILES string of the molecule is CC(N)N1CC1C.CCO[SiH](OCC)OCC. The van der Waals surface area contributed by atoms with Crippen molar-refractivity contribution in [2.24, 2.45) is 5.73 Å². The highest BCUT2D eigenvalue weighted by Gasteiger charge is 2.31. The summed E-state index contributed by atoms with van der Waals surface area (Å²) in [5, 5.41) is 0. The van der Waals surface area contributed by atoms with Crippen LogP contribution in [0.2, 0.25) is 0 Å². The molecular weight excluding hydrogens is 236 g/mol. The van der Waals surface area contributed by atoms with E-state index in [0.717, 1.165) is 6.04 Å². The molecule has 2 N–H and O–H groups in total. The summed E-state index contributed by atoms with van der Waals surface area (Å²) in [6, 6.07) is 0.750. The Morgan fingerprint density at radius 3 is 1.65 bits per heavy atom. The van der Waals surface area contributed by atoms with Crippen molar-refractivity contribution in [3.8, 4) is 0 Å². The Morgan fingerprint density at radius 2 is 1.53 bits per heavy atom. The van der Waals surface area contributed by atoms with Gasteiger partial charge in [-0.25, -0.2) is 0 Å². The largest absolute Gasteiger partial charge is 0.484 e. The van der Waals surface area contributed by atoms with E-state index < -0.39 is 9.53 Å². The molecule has 0 saturated carbocycles. The van der Waals surface area contributed by atoms with Crippen molar-refractivity contribution >= 4 is 9.53 Å². The third-order valence-electron chi connectivity index (χ3n) is 2.34. The molecule has 104 valence electrons. The molecule has 0 aliphatic carbocycles. The molecule has 1 heterocycles. The van der Waals surface area contributed by atoms with Crippen molar-refractivity contribution in [3.05, 3.63) is 0 Å². The maximum Gasteiger partial charge on any atom is 0.484 e. The van der Waals surface area contributed by atoms with Crippen LogP contribution >= 0.6 is 0 Å². The number of hydrogen-bond donors (Lipinski definition) is 1. The molecule has 6 heteroatoms. The minimum atomic E-state index is -1.73. The molecule has 0 aromatic carbocycles. The van der Waals surface area contributed by atoms with E-state index in [4.69, 9.17) is 19.0 Å². The topological polar surface area (TPSA) is 56.7 Å². The van der Waals surface area contributed by atoms with Crippen LogP contribution in [0.4, 0.5) is 0 Å². The van der Waals surface area contributed by atoms with Gasteiger partial charge in [0.05, 0.1) is 6.17 Å². The lowest BCUT2D eigenvalue weighted by Crippen LogP contribution is -2.27. The molecule has 3 unspecified atom stereocenters. The number of nitrogens with zero attached hydrogens (tertiary/aromatic N) is 1. The second-order valence-corrected chi connectivity index (χ2v) is 5.52. The summed E-state index contributed by atoms with van der Waals surface area (Å²) >= 11 is 0. The van der Waals surface area contributed by atoms with Crippen LogP contribution < -0.4 is 5.73 Å². The van der Waals surface area contributed by atoms with Gasteiger partial charge in [-0.3, -0.25) is 4.90 Å². The van der Waals surface area contributed by atoms with Crippen molar-refractivity contribution in [2.45, 2.75) is 46.8 Å². The maximum atomic E-state index is 5.51. The van der Waals surface area contributed by atoms with Gasteiger partial charge in [-0.2, -0.15) is 0 Å². The Kier molecular flexibility index (Phi) is 10.00. The molecule has 1 saturated heterocycles. The fourth-order valence-corrected chi connectivity index (χ4v) is 2.48. The molecular formula is C11H28N2O3Si. The lowest BCUT2D eigenvalue weighted by Gasteiger charge is -2.12. The molecule has 17 heavy (non-hydrogen) atoms. The molecule has 0 aromatic heterocycles. The van der Waals surface area contributed by atoms with Gasteiger partial charge in [0.15, 0.2) is 0 Å². The van der Waals surface area contributed by atoms with Crippen LogP contribution in [0.15, 0.2) is 0 Å². The van der Waals surface area contributed by atoms with E-state index in [1.807, 2.05) is 27.7 Å². The van der Waals surface area contributed by atoms with Gasteiger partial charge in [0.2, 0.25) is 0 Å². The van der Waals surface area contributed by atoms with E-state index in [-0.39, 0.29) is 6.17 Å². The van der Waals surface area contributed by atoms with E-state index in [0.29, 0.717) is 19.8 Å². The fraction of sp³-hybridized carbons (Fsp3) is 1.00. The average molecular weight is 264 g/mol. The highest BCUT2D eigenvalue weighted by molar-refractivity contribution is 6.36. The van der Waals surface area contributed by atoms with Gasteiger partial charge in [-0.15, -0.1) is 0 Å². The van der Waals surface area contributed by atoms with Crippen LogP contribution in [0, 0.1) is 0 Å². The summed E-state index contributed by atoms with van der Waals surface area (Å²) in [7, 11) is -1.73. The van der Waals surface area contributed by atoms with Crippen LogP contribution in [-0.4, -0.2) is 53.0 Å². The van der Waals surface area contributed by atoms with Crippen molar-refractivity contribution in [3.63, 3.8) is 0 Å². The molecule has 1 aliphatic heterocycles. The van der Waals surface area contributed by atoms with Crippen LogP contribution in [0.3, 0.4) is 0 Å². The van der Waals surface area contributed by atoms with Crippen molar-refractivity contribution < 1.29 is 13.3 Å². The van der Waals surface area contributed by atoms with Gasteiger partial charge in [-0.05, 0) is 34.6 Å². The average Bonchev–Trinajstić information content (AvgIpc) is 2.98. The Bertz CT molecular complexity index is 170. The van der Waals surface area contributed by atoms with Crippen molar-refractivity contribution in [2.75, 3.05) is 26.4 Å². The summed E-state index contributed by atoms with van der Waals surface area (Å²) in [5.41, 5.74) is 5.51. The third kappa shape index (κ3) is 8.70. The molecule has 0 aromatic rings. The second-order valence-electron chi connectivity index (χ2n) is 3.94. The minimum absolute atomic E-state index is 0.273. The van der Waals surface area contributed by atoms with Gasteiger partial charge >= 0.3 is 9.53 Å². The zero-order chi connectivity index (χ0) is 13.3. The summed E-state index contributed by atoms with van der Waals surface area (Å²) < 4.78 is 15.7. The molecule has 1 rings (SSSR count). The first-order valence-electron chi connectivity index (χ1n) is 6.42. The van der Waals surface area contributed by atoms with E-state index in [9.17, 15) is 0 Å². The van der Waals surface area contributed by atoms with E-state index in [1.54, 1.807) is 0 Å². The highest BCUT2D eigenvalue weighted by Crippen LogP contribution is 2.16. The van der Waals surface area contributed by atoms with E-state index in [1.165, 1.54) is 6.54 Å².